The SMILES string of the molecule is Cc1ccc(C(=O)NC2CCCc3nc(N4CCC(CO)CC4)ncc32)cn1. The first kappa shape index (κ1) is 18.8. The summed E-state index contributed by atoms with van der Waals surface area (Å²) in [4.78, 5) is 28.4. The van der Waals surface area contributed by atoms with Gasteiger partial charge in [-0.3, -0.25) is 9.78 Å². The van der Waals surface area contributed by atoms with Crippen molar-refractivity contribution in [2.45, 2.75) is 45.1 Å². The summed E-state index contributed by atoms with van der Waals surface area (Å²) in [5.41, 5.74) is 3.52. The number of pyridine rings is 1. The lowest BCUT2D eigenvalue weighted by Gasteiger charge is -2.32. The zero-order valence-electron chi connectivity index (χ0n) is 16.3. The van der Waals surface area contributed by atoms with Crippen LogP contribution in [0.2, 0.25) is 0 Å². The zero-order chi connectivity index (χ0) is 19.5. The summed E-state index contributed by atoms with van der Waals surface area (Å²) in [6.45, 7) is 3.92. The van der Waals surface area contributed by atoms with Crippen molar-refractivity contribution in [3.8, 4) is 0 Å². The highest BCUT2D eigenvalue weighted by Crippen LogP contribution is 2.30. The molecule has 148 valence electrons. The summed E-state index contributed by atoms with van der Waals surface area (Å²) in [7, 11) is 0. The Bertz CT molecular complexity index is 831. The first-order chi connectivity index (χ1) is 13.6. The number of aliphatic hydroxyl groups is 1. The van der Waals surface area contributed by atoms with Crippen LogP contribution in [0.3, 0.4) is 0 Å². The molecule has 0 radical (unpaired) electrons. The second kappa shape index (κ2) is 8.22. The molecule has 1 aliphatic carbocycles. The van der Waals surface area contributed by atoms with Crippen LogP contribution in [0.25, 0.3) is 0 Å². The van der Waals surface area contributed by atoms with E-state index in [4.69, 9.17) is 4.98 Å². The number of hydrogen-bond donors (Lipinski definition) is 2. The molecule has 0 saturated carbocycles. The van der Waals surface area contributed by atoms with E-state index in [9.17, 15) is 9.90 Å². The number of aliphatic hydroxyl groups excluding tert-OH is 1. The molecule has 2 aromatic rings. The Kier molecular flexibility index (Phi) is 5.52. The van der Waals surface area contributed by atoms with E-state index in [1.807, 2.05) is 19.2 Å². The van der Waals surface area contributed by atoms with Gasteiger partial charge < -0.3 is 15.3 Å². The van der Waals surface area contributed by atoms with E-state index in [0.29, 0.717) is 11.5 Å². The van der Waals surface area contributed by atoms with Gasteiger partial charge >= 0.3 is 0 Å². The Morgan fingerprint density at radius 3 is 2.75 bits per heavy atom. The van der Waals surface area contributed by atoms with Crippen molar-refractivity contribution < 1.29 is 9.90 Å². The normalized spacial score (nSPS) is 19.9. The molecule has 4 rings (SSSR count). The summed E-state index contributed by atoms with van der Waals surface area (Å²) in [6.07, 6.45) is 8.24. The Labute approximate surface area is 165 Å². The summed E-state index contributed by atoms with van der Waals surface area (Å²) in [5.74, 6) is 1.05. The maximum atomic E-state index is 12.6. The number of anilines is 1. The Balaban J connectivity index is 1.47. The number of hydrogen-bond acceptors (Lipinski definition) is 6. The van der Waals surface area contributed by atoms with Crippen LogP contribution in [0, 0.1) is 12.8 Å². The number of aromatic nitrogens is 3. The van der Waals surface area contributed by atoms with Gasteiger partial charge in [0, 0.05) is 43.3 Å². The fourth-order valence-corrected chi connectivity index (χ4v) is 4.00. The predicted octanol–water partition coefficient (Wildman–Crippen LogP) is 2.20. The summed E-state index contributed by atoms with van der Waals surface area (Å²) in [6, 6.07) is 3.59. The molecule has 0 aromatic carbocycles. The van der Waals surface area contributed by atoms with Crippen LogP contribution < -0.4 is 10.2 Å². The highest BCUT2D eigenvalue weighted by Gasteiger charge is 2.26. The van der Waals surface area contributed by atoms with E-state index >= 15 is 0 Å². The van der Waals surface area contributed by atoms with Gasteiger partial charge in [-0.2, -0.15) is 0 Å². The average molecular weight is 381 g/mol. The van der Waals surface area contributed by atoms with Crippen LogP contribution in [0.5, 0.6) is 0 Å². The van der Waals surface area contributed by atoms with Crippen LogP contribution >= 0.6 is 0 Å². The molecule has 1 saturated heterocycles. The lowest BCUT2D eigenvalue weighted by molar-refractivity contribution is 0.0932. The summed E-state index contributed by atoms with van der Waals surface area (Å²) in [5, 5.41) is 12.4. The number of rotatable bonds is 4. The molecular weight excluding hydrogens is 354 g/mol. The second-order valence-corrected chi connectivity index (χ2v) is 7.79. The largest absolute Gasteiger partial charge is 0.396 e. The third-order valence-corrected chi connectivity index (χ3v) is 5.80. The molecule has 1 fully saturated rings. The standard InChI is InChI=1S/C21H27N5O2/c1-14-5-6-16(11-22-14)20(28)24-18-3-2-4-19-17(18)12-23-21(25-19)26-9-7-15(13-27)8-10-26/h5-6,11-12,15,18,27H,2-4,7-10,13H2,1H3,(H,24,28). The molecule has 7 nitrogen and oxygen atoms in total. The van der Waals surface area contributed by atoms with E-state index in [1.165, 1.54) is 0 Å². The number of aryl methyl sites for hydroxylation is 2. The van der Waals surface area contributed by atoms with E-state index in [-0.39, 0.29) is 18.6 Å². The molecule has 7 heteroatoms. The van der Waals surface area contributed by atoms with Crippen molar-refractivity contribution in [1.29, 1.82) is 0 Å². The van der Waals surface area contributed by atoms with E-state index in [2.05, 4.69) is 20.2 Å². The second-order valence-electron chi connectivity index (χ2n) is 7.79. The van der Waals surface area contributed by atoms with Crippen molar-refractivity contribution >= 4 is 11.9 Å². The Morgan fingerprint density at radius 2 is 2.04 bits per heavy atom. The Hall–Kier alpha value is -2.54. The van der Waals surface area contributed by atoms with Crippen molar-refractivity contribution in [3.63, 3.8) is 0 Å². The van der Waals surface area contributed by atoms with Gasteiger partial charge in [0.05, 0.1) is 17.3 Å². The first-order valence-electron chi connectivity index (χ1n) is 10.1. The molecule has 3 heterocycles. The number of carbonyl (C=O) groups is 1. The van der Waals surface area contributed by atoms with Gasteiger partial charge in [0.2, 0.25) is 5.95 Å². The van der Waals surface area contributed by atoms with Gasteiger partial charge in [-0.15, -0.1) is 0 Å². The monoisotopic (exact) mass is 381 g/mol. The van der Waals surface area contributed by atoms with E-state index < -0.39 is 0 Å². The maximum absolute atomic E-state index is 12.6. The lowest BCUT2D eigenvalue weighted by atomic mass is 9.92. The highest BCUT2D eigenvalue weighted by molar-refractivity contribution is 5.94. The topological polar surface area (TPSA) is 91.2 Å². The zero-order valence-corrected chi connectivity index (χ0v) is 16.3. The van der Waals surface area contributed by atoms with Gasteiger partial charge in [0.25, 0.3) is 5.91 Å². The van der Waals surface area contributed by atoms with Gasteiger partial charge in [0.15, 0.2) is 0 Å². The van der Waals surface area contributed by atoms with Gasteiger partial charge in [-0.25, -0.2) is 9.97 Å². The van der Waals surface area contributed by atoms with Crippen LogP contribution in [0.4, 0.5) is 5.95 Å². The third kappa shape index (κ3) is 3.99. The van der Waals surface area contributed by atoms with Crippen molar-refractivity contribution in [2.75, 3.05) is 24.6 Å². The Morgan fingerprint density at radius 1 is 1.21 bits per heavy atom. The van der Waals surface area contributed by atoms with E-state index in [0.717, 1.165) is 68.1 Å². The number of nitrogens with zero attached hydrogens (tertiary/aromatic N) is 4. The highest BCUT2D eigenvalue weighted by atomic mass is 16.3. The number of carbonyl (C=O) groups excluding carboxylic acids is 1. The third-order valence-electron chi connectivity index (χ3n) is 5.80. The molecule has 1 unspecified atom stereocenters. The van der Waals surface area contributed by atoms with Crippen LogP contribution in [0.15, 0.2) is 24.5 Å². The van der Waals surface area contributed by atoms with Gasteiger partial charge in [-0.1, -0.05) is 0 Å². The molecule has 1 amide bonds. The van der Waals surface area contributed by atoms with Crippen molar-refractivity contribution in [3.05, 3.63) is 47.0 Å². The molecule has 2 aliphatic rings. The molecule has 1 aliphatic heterocycles. The van der Waals surface area contributed by atoms with Crippen LogP contribution in [0.1, 0.15) is 59.0 Å². The van der Waals surface area contributed by atoms with E-state index in [1.54, 1.807) is 12.3 Å². The minimum absolute atomic E-state index is 0.0632. The summed E-state index contributed by atoms with van der Waals surface area (Å²) < 4.78 is 0. The van der Waals surface area contributed by atoms with Crippen LogP contribution in [-0.2, 0) is 6.42 Å². The first-order valence-corrected chi connectivity index (χ1v) is 10.1. The molecule has 1 atom stereocenters. The molecule has 2 N–H and O–H groups in total. The minimum Gasteiger partial charge on any atom is -0.396 e. The van der Waals surface area contributed by atoms with Gasteiger partial charge in [-0.05, 0) is 57.1 Å². The average Bonchev–Trinajstić information content (AvgIpc) is 2.74. The number of amides is 1. The quantitative estimate of drug-likeness (QED) is 0.844. The predicted molar refractivity (Wildman–Crippen MR) is 106 cm³/mol. The maximum Gasteiger partial charge on any atom is 0.253 e. The molecule has 0 bridgehead atoms. The van der Waals surface area contributed by atoms with Crippen molar-refractivity contribution in [2.24, 2.45) is 5.92 Å². The van der Waals surface area contributed by atoms with Gasteiger partial charge in [0.1, 0.15) is 0 Å². The smallest absolute Gasteiger partial charge is 0.253 e. The number of nitrogens with one attached hydrogen (secondary N) is 1. The fraction of sp³-hybridized carbons (Fsp3) is 0.524. The molecule has 28 heavy (non-hydrogen) atoms. The lowest BCUT2D eigenvalue weighted by Crippen LogP contribution is -2.36. The number of piperidine rings is 1. The number of fused-ring (bicyclic) bond motifs is 1. The molecular formula is C21H27N5O2. The minimum atomic E-state index is -0.111. The van der Waals surface area contributed by atoms with Crippen molar-refractivity contribution in [1.82, 2.24) is 20.3 Å². The fourth-order valence-electron chi connectivity index (χ4n) is 4.00. The summed E-state index contributed by atoms with van der Waals surface area (Å²) >= 11 is 0. The molecule has 2 aromatic heterocycles. The molecule has 0 spiro atoms. The van der Waals surface area contributed by atoms with Crippen LogP contribution in [-0.4, -0.2) is 45.7 Å².